The van der Waals surface area contributed by atoms with Crippen LogP contribution < -0.4 is 10.6 Å². The molecule has 0 saturated heterocycles. The van der Waals surface area contributed by atoms with Gasteiger partial charge in [0, 0.05) is 61.0 Å². The molecule has 0 aliphatic rings. The quantitative estimate of drug-likeness (QED) is 0.0641. The zero-order valence-electron chi connectivity index (χ0n) is 27.3. The molecule has 0 aliphatic heterocycles. The van der Waals surface area contributed by atoms with E-state index in [-0.39, 0.29) is 23.4 Å². The molecule has 0 aliphatic carbocycles. The van der Waals surface area contributed by atoms with Crippen molar-refractivity contribution in [2.24, 2.45) is 0 Å². The predicted octanol–water partition coefficient (Wildman–Crippen LogP) is 7.55. The molecular formula is C39H45N3O4S2. The van der Waals surface area contributed by atoms with Crippen LogP contribution in [-0.4, -0.2) is 41.5 Å². The van der Waals surface area contributed by atoms with Gasteiger partial charge in [-0.1, -0.05) is 73.5 Å². The maximum atomic E-state index is 12.0. The molecule has 7 nitrogen and oxygen atoms in total. The van der Waals surface area contributed by atoms with Crippen molar-refractivity contribution >= 4 is 48.6 Å². The molecule has 0 atom stereocenters. The van der Waals surface area contributed by atoms with Crippen molar-refractivity contribution in [3.05, 3.63) is 126 Å². The number of unbranched alkanes of at least 4 members (excludes halogenated alkanes) is 4. The van der Waals surface area contributed by atoms with Crippen LogP contribution in [0.4, 0.5) is 0 Å². The van der Waals surface area contributed by atoms with E-state index >= 15 is 0 Å². The summed E-state index contributed by atoms with van der Waals surface area (Å²) in [5.74, 6) is 0.305. The summed E-state index contributed by atoms with van der Waals surface area (Å²) in [7, 11) is 0. The number of aromatic nitrogens is 1. The second-order valence-electron chi connectivity index (χ2n) is 11.4. The van der Waals surface area contributed by atoms with Crippen molar-refractivity contribution in [1.29, 1.82) is 0 Å². The first-order valence-corrected chi connectivity index (χ1v) is 17.3. The number of amides is 2. The summed E-state index contributed by atoms with van der Waals surface area (Å²) in [6.45, 7) is 1.23. The van der Waals surface area contributed by atoms with E-state index < -0.39 is 0 Å². The van der Waals surface area contributed by atoms with E-state index in [4.69, 9.17) is 0 Å². The molecule has 9 heteroatoms. The fourth-order valence-electron chi connectivity index (χ4n) is 4.90. The zero-order chi connectivity index (χ0) is 34.4. The Morgan fingerprint density at radius 1 is 0.521 bits per heavy atom. The summed E-state index contributed by atoms with van der Waals surface area (Å²) >= 11 is 8.56. The van der Waals surface area contributed by atoms with Gasteiger partial charge in [0.25, 0.3) is 11.8 Å². The number of nitrogens with one attached hydrogen (secondary N) is 2. The molecule has 0 fully saturated rings. The van der Waals surface area contributed by atoms with Crippen molar-refractivity contribution in [3.63, 3.8) is 0 Å². The number of Topliss-reactive ketones (excluding diaryl/α,β-unsaturated/α-hetero) is 2. The highest BCUT2D eigenvalue weighted by atomic mass is 32.1. The van der Waals surface area contributed by atoms with Gasteiger partial charge in [0.1, 0.15) is 11.6 Å². The molecule has 2 N–H and O–H groups in total. The van der Waals surface area contributed by atoms with Crippen molar-refractivity contribution in [2.45, 2.75) is 74.0 Å². The van der Waals surface area contributed by atoms with Crippen LogP contribution in [0.1, 0.15) is 83.2 Å². The van der Waals surface area contributed by atoms with Gasteiger partial charge in [-0.05, 0) is 67.1 Å². The molecule has 1 heterocycles. The molecule has 2 amide bonds. The zero-order valence-corrected chi connectivity index (χ0v) is 29.1. The highest BCUT2D eigenvalue weighted by molar-refractivity contribution is 7.80. The molecule has 1 aromatic heterocycles. The molecule has 0 bridgehead atoms. The van der Waals surface area contributed by atoms with Crippen molar-refractivity contribution in [2.75, 3.05) is 13.1 Å². The Morgan fingerprint density at radius 2 is 0.979 bits per heavy atom. The number of thiol groups is 2. The Balaban J connectivity index is 0.000000260. The van der Waals surface area contributed by atoms with Gasteiger partial charge in [0.05, 0.1) is 11.1 Å². The maximum absolute atomic E-state index is 12.0. The minimum absolute atomic E-state index is 0.0965. The number of pyridine rings is 1. The van der Waals surface area contributed by atoms with E-state index in [1.807, 2.05) is 66.7 Å². The fourth-order valence-corrected chi connectivity index (χ4v) is 5.43. The minimum Gasteiger partial charge on any atom is -0.352 e. The van der Waals surface area contributed by atoms with Gasteiger partial charge in [0.2, 0.25) is 0 Å². The van der Waals surface area contributed by atoms with Crippen LogP contribution in [0.25, 0.3) is 0 Å². The largest absolute Gasteiger partial charge is 0.352 e. The highest BCUT2D eigenvalue weighted by Crippen LogP contribution is 2.14. The van der Waals surface area contributed by atoms with Gasteiger partial charge < -0.3 is 10.6 Å². The Hall–Kier alpha value is -4.21. The van der Waals surface area contributed by atoms with Gasteiger partial charge >= 0.3 is 0 Å². The molecule has 0 radical (unpaired) electrons. The van der Waals surface area contributed by atoms with Gasteiger partial charge in [-0.25, -0.2) is 0 Å². The van der Waals surface area contributed by atoms with E-state index in [1.165, 1.54) is 0 Å². The molecule has 0 spiro atoms. The van der Waals surface area contributed by atoms with Gasteiger partial charge in [-0.3, -0.25) is 24.2 Å². The molecule has 252 valence electrons. The topological polar surface area (TPSA) is 105 Å². The summed E-state index contributed by atoms with van der Waals surface area (Å²) in [6.07, 6.45) is 10.9. The second kappa shape index (κ2) is 22.4. The van der Waals surface area contributed by atoms with Crippen molar-refractivity contribution < 1.29 is 19.2 Å². The number of carbonyl (C=O) groups is 4. The first-order chi connectivity index (χ1) is 23.3. The number of hydrogen-bond acceptors (Lipinski definition) is 7. The third-order valence-corrected chi connectivity index (χ3v) is 8.28. The van der Waals surface area contributed by atoms with Crippen LogP contribution in [0, 0.1) is 0 Å². The van der Waals surface area contributed by atoms with Crippen LogP contribution in [-0.2, 0) is 22.4 Å². The lowest BCUT2D eigenvalue weighted by Crippen LogP contribution is -2.24. The lowest BCUT2D eigenvalue weighted by atomic mass is 10.0. The number of hydrogen-bond donors (Lipinski definition) is 4. The average molecular weight is 684 g/mol. The van der Waals surface area contributed by atoms with E-state index in [2.05, 4.69) is 40.9 Å². The van der Waals surface area contributed by atoms with Crippen LogP contribution in [0.3, 0.4) is 0 Å². The van der Waals surface area contributed by atoms with Crippen LogP contribution in [0.2, 0.25) is 0 Å². The molecule has 48 heavy (non-hydrogen) atoms. The SMILES string of the molecule is O=C(CCCCCNC(=O)c1ccccc1S)Cc1ccccc1.O=C(CCCCCNC(=O)c1ccccc1S)Cc1cccnc1. The number of rotatable bonds is 18. The van der Waals surface area contributed by atoms with Gasteiger partial charge in [-0.15, -0.1) is 25.3 Å². The Bertz CT molecular complexity index is 1460. The van der Waals surface area contributed by atoms with Crippen LogP contribution >= 0.6 is 25.3 Å². The number of ketones is 2. The standard InChI is InChI=1S/C20H23NO2S.C19H22N2O2S/c22-17(15-16-9-3-1-4-10-16)11-5-2-8-14-21-20(23)18-12-6-7-13-19(18)24;22-16(13-15-7-6-11-20-14-15)8-2-1-5-12-21-19(23)17-9-3-4-10-18(17)24/h1,3-4,6-7,9-10,12-13,24H,2,5,8,11,14-15H2,(H,21,23);3-4,6-7,9-11,14,24H,1-2,5,8,12-13H2,(H,21,23). The van der Waals surface area contributed by atoms with E-state index in [9.17, 15) is 19.2 Å². The Morgan fingerprint density at radius 3 is 1.46 bits per heavy atom. The first kappa shape index (κ1) is 38.2. The number of benzene rings is 3. The first-order valence-electron chi connectivity index (χ1n) is 16.4. The summed E-state index contributed by atoms with van der Waals surface area (Å²) < 4.78 is 0. The van der Waals surface area contributed by atoms with Crippen LogP contribution in [0.5, 0.6) is 0 Å². The number of carbonyl (C=O) groups excluding carboxylic acids is 4. The Kier molecular flexibility index (Phi) is 17.8. The van der Waals surface area contributed by atoms with Gasteiger partial charge in [0.15, 0.2) is 0 Å². The maximum Gasteiger partial charge on any atom is 0.252 e. The lowest BCUT2D eigenvalue weighted by molar-refractivity contribution is -0.119. The fraction of sp³-hybridized carbons (Fsp3) is 0.308. The molecule has 3 aromatic carbocycles. The van der Waals surface area contributed by atoms with Crippen molar-refractivity contribution in [3.8, 4) is 0 Å². The second-order valence-corrected chi connectivity index (χ2v) is 12.4. The third kappa shape index (κ3) is 15.1. The molecule has 4 aromatic rings. The highest BCUT2D eigenvalue weighted by Gasteiger charge is 2.09. The summed E-state index contributed by atoms with van der Waals surface area (Å²) in [5.41, 5.74) is 3.21. The molecule has 0 saturated carbocycles. The molecular weight excluding hydrogens is 639 g/mol. The van der Waals surface area contributed by atoms with E-state index in [0.29, 0.717) is 59.7 Å². The van der Waals surface area contributed by atoms with Crippen LogP contribution in [0.15, 0.2) is 113 Å². The summed E-state index contributed by atoms with van der Waals surface area (Å²) in [6, 6.07) is 28.0. The van der Waals surface area contributed by atoms with Gasteiger partial charge in [-0.2, -0.15) is 0 Å². The normalized spacial score (nSPS) is 10.4. The van der Waals surface area contributed by atoms with Crippen molar-refractivity contribution in [1.82, 2.24) is 15.6 Å². The summed E-state index contributed by atoms with van der Waals surface area (Å²) in [5, 5.41) is 5.78. The lowest BCUT2D eigenvalue weighted by Gasteiger charge is -2.07. The predicted molar refractivity (Wildman–Crippen MR) is 197 cm³/mol. The van der Waals surface area contributed by atoms with E-state index in [0.717, 1.165) is 49.7 Å². The smallest absolute Gasteiger partial charge is 0.252 e. The third-order valence-electron chi connectivity index (χ3n) is 7.50. The molecule has 4 rings (SSSR count). The Labute approximate surface area is 295 Å². The molecule has 0 unspecified atom stereocenters. The van der Waals surface area contributed by atoms with E-state index in [1.54, 1.807) is 36.7 Å². The number of nitrogens with zero attached hydrogens (tertiary/aromatic N) is 1. The monoisotopic (exact) mass is 683 g/mol. The summed E-state index contributed by atoms with van der Waals surface area (Å²) in [4.78, 5) is 53.1. The minimum atomic E-state index is -0.103. The average Bonchev–Trinajstić information content (AvgIpc) is 3.09.